The summed E-state index contributed by atoms with van der Waals surface area (Å²) in [6.45, 7) is 3.99. The van der Waals surface area contributed by atoms with Crippen molar-refractivity contribution in [1.29, 1.82) is 0 Å². The first kappa shape index (κ1) is 17.0. The second-order valence-electron chi connectivity index (χ2n) is 6.35. The summed E-state index contributed by atoms with van der Waals surface area (Å²) >= 11 is 0. The van der Waals surface area contributed by atoms with E-state index in [0.29, 0.717) is 17.9 Å². The van der Waals surface area contributed by atoms with Gasteiger partial charge in [-0.15, -0.1) is 0 Å². The Morgan fingerprint density at radius 1 is 1.00 bits per heavy atom. The van der Waals surface area contributed by atoms with E-state index < -0.39 is 17.7 Å². The first-order chi connectivity index (χ1) is 13.1. The van der Waals surface area contributed by atoms with Crippen molar-refractivity contribution in [2.45, 2.75) is 12.3 Å². The van der Waals surface area contributed by atoms with E-state index >= 15 is 0 Å². The third kappa shape index (κ3) is 2.87. The molecule has 0 aromatic heterocycles. The van der Waals surface area contributed by atoms with Gasteiger partial charge in [-0.2, -0.15) is 0 Å². The predicted molar refractivity (Wildman–Crippen MR) is 97.7 cm³/mol. The number of rotatable bonds is 4. The standard InChI is InChI=1S/C22H16O5/c1-2-11-26-14-9-7-13(8-10-14)17-12-18(23)27-22-19(17)20(24)15-5-3-4-6-16(15)21(22)25/h2-10,17H,1,11-12H2/t17-/m1/s1. The van der Waals surface area contributed by atoms with Crippen molar-refractivity contribution >= 4 is 17.5 Å². The van der Waals surface area contributed by atoms with Gasteiger partial charge < -0.3 is 9.47 Å². The molecular formula is C22H16O5. The molecule has 134 valence electrons. The molecule has 2 aromatic carbocycles. The molecule has 0 N–H and O–H groups in total. The maximum atomic E-state index is 13.1. The van der Waals surface area contributed by atoms with Gasteiger partial charge >= 0.3 is 5.97 Å². The van der Waals surface area contributed by atoms with Crippen LogP contribution in [0.25, 0.3) is 0 Å². The fourth-order valence-corrected chi connectivity index (χ4v) is 3.45. The minimum absolute atomic E-state index is 0.00683. The Balaban J connectivity index is 1.77. The molecule has 0 saturated heterocycles. The number of allylic oxidation sites excluding steroid dienone is 2. The van der Waals surface area contributed by atoms with E-state index in [9.17, 15) is 14.4 Å². The summed E-state index contributed by atoms with van der Waals surface area (Å²) in [5, 5.41) is 0. The number of ketones is 2. The van der Waals surface area contributed by atoms with Crippen LogP contribution in [0.4, 0.5) is 0 Å². The van der Waals surface area contributed by atoms with Crippen LogP contribution in [0.5, 0.6) is 5.75 Å². The summed E-state index contributed by atoms with van der Waals surface area (Å²) in [4.78, 5) is 38.0. The largest absolute Gasteiger partial charge is 0.490 e. The lowest BCUT2D eigenvalue weighted by Gasteiger charge is -2.30. The molecule has 0 fully saturated rings. The molecule has 2 aromatic rings. The zero-order valence-electron chi connectivity index (χ0n) is 14.4. The van der Waals surface area contributed by atoms with Gasteiger partial charge in [0.25, 0.3) is 0 Å². The fourth-order valence-electron chi connectivity index (χ4n) is 3.45. The van der Waals surface area contributed by atoms with Gasteiger partial charge in [0.2, 0.25) is 5.78 Å². The summed E-state index contributed by atoms with van der Waals surface area (Å²) in [5.41, 5.74) is 1.61. The molecule has 0 amide bonds. The summed E-state index contributed by atoms with van der Waals surface area (Å²) in [6, 6.07) is 13.7. The van der Waals surface area contributed by atoms with Crippen LogP contribution in [0.3, 0.4) is 0 Å². The van der Waals surface area contributed by atoms with Crippen molar-refractivity contribution in [2.24, 2.45) is 0 Å². The minimum atomic E-state index is -0.528. The minimum Gasteiger partial charge on any atom is -0.490 e. The van der Waals surface area contributed by atoms with Gasteiger partial charge in [0.05, 0.1) is 12.0 Å². The fraction of sp³-hybridized carbons (Fsp3) is 0.136. The average molecular weight is 360 g/mol. The SMILES string of the molecule is C=CCOc1ccc([C@H]2CC(=O)OC3=C2C(=O)c2ccccc2C3=O)cc1. The highest BCUT2D eigenvalue weighted by Gasteiger charge is 2.42. The lowest BCUT2D eigenvalue weighted by molar-refractivity contribution is -0.140. The highest BCUT2D eigenvalue weighted by Crippen LogP contribution is 2.41. The normalized spacial score (nSPS) is 18.5. The first-order valence-corrected chi connectivity index (χ1v) is 8.57. The molecule has 0 spiro atoms. The Morgan fingerprint density at radius 3 is 2.33 bits per heavy atom. The van der Waals surface area contributed by atoms with E-state index in [-0.39, 0.29) is 29.1 Å². The van der Waals surface area contributed by atoms with Crippen LogP contribution in [0, 0.1) is 0 Å². The first-order valence-electron chi connectivity index (χ1n) is 8.57. The number of carbonyl (C=O) groups excluding carboxylic acids is 3. The molecule has 1 heterocycles. The Bertz CT molecular complexity index is 998. The number of carbonyl (C=O) groups is 3. The van der Waals surface area contributed by atoms with Gasteiger partial charge in [-0.1, -0.05) is 49.1 Å². The third-order valence-electron chi connectivity index (χ3n) is 4.70. The Morgan fingerprint density at radius 2 is 1.67 bits per heavy atom. The number of ether oxygens (including phenoxy) is 2. The molecule has 1 atom stereocenters. The zero-order chi connectivity index (χ0) is 19.0. The van der Waals surface area contributed by atoms with Crippen molar-refractivity contribution in [3.05, 3.63) is 89.2 Å². The van der Waals surface area contributed by atoms with Crippen LogP contribution in [0.1, 0.15) is 38.6 Å². The van der Waals surface area contributed by atoms with E-state index in [1.165, 1.54) is 0 Å². The number of Topliss-reactive ketones (excluding diaryl/α,β-unsaturated/α-hetero) is 2. The highest BCUT2D eigenvalue weighted by atomic mass is 16.5. The molecule has 0 saturated carbocycles. The summed E-state index contributed by atoms with van der Waals surface area (Å²) in [7, 11) is 0. The number of fused-ring (bicyclic) bond motifs is 1. The molecule has 2 aliphatic rings. The van der Waals surface area contributed by atoms with Gasteiger partial charge in [-0.25, -0.2) is 0 Å². The van der Waals surface area contributed by atoms with Crippen LogP contribution in [0.2, 0.25) is 0 Å². The van der Waals surface area contributed by atoms with Crippen molar-refractivity contribution in [3.63, 3.8) is 0 Å². The molecule has 27 heavy (non-hydrogen) atoms. The summed E-state index contributed by atoms with van der Waals surface area (Å²) in [5.74, 6) is -1.24. The zero-order valence-corrected chi connectivity index (χ0v) is 14.4. The Labute approximate surface area is 155 Å². The van der Waals surface area contributed by atoms with Gasteiger partial charge in [0, 0.05) is 17.0 Å². The van der Waals surface area contributed by atoms with E-state index in [1.54, 1.807) is 54.6 Å². The van der Waals surface area contributed by atoms with Crippen LogP contribution in [-0.2, 0) is 9.53 Å². The molecule has 4 rings (SSSR count). The number of hydrogen-bond acceptors (Lipinski definition) is 5. The lowest BCUT2D eigenvalue weighted by atomic mass is 9.77. The van der Waals surface area contributed by atoms with Crippen molar-refractivity contribution < 1.29 is 23.9 Å². The molecule has 1 aliphatic heterocycles. The monoisotopic (exact) mass is 360 g/mol. The van der Waals surface area contributed by atoms with Gasteiger partial charge in [0.15, 0.2) is 11.5 Å². The maximum Gasteiger partial charge on any atom is 0.312 e. The number of esters is 1. The second-order valence-corrected chi connectivity index (χ2v) is 6.35. The second kappa shape index (κ2) is 6.68. The molecule has 0 unspecified atom stereocenters. The van der Waals surface area contributed by atoms with Crippen LogP contribution in [-0.4, -0.2) is 24.1 Å². The summed E-state index contributed by atoms with van der Waals surface area (Å²) < 4.78 is 10.7. The molecule has 5 heteroatoms. The Kier molecular flexibility index (Phi) is 4.20. The molecular weight excluding hydrogens is 344 g/mol. The van der Waals surface area contributed by atoms with Gasteiger partial charge in [-0.3, -0.25) is 14.4 Å². The van der Waals surface area contributed by atoms with Gasteiger partial charge in [0.1, 0.15) is 12.4 Å². The maximum absolute atomic E-state index is 13.1. The highest BCUT2D eigenvalue weighted by molar-refractivity contribution is 6.27. The quantitative estimate of drug-likeness (QED) is 0.615. The van der Waals surface area contributed by atoms with Crippen LogP contribution < -0.4 is 4.74 Å². The Hall–Kier alpha value is -3.47. The lowest BCUT2D eigenvalue weighted by Crippen LogP contribution is -2.32. The number of hydrogen-bond donors (Lipinski definition) is 0. The smallest absolute Gasteiger partial charge is 0.312 e. The predicted octanol–water partition coefficient (Wildman–Crippen LogP) is 3.62. The summed E-state index contributed by atoms with van der Waals surface area (Å²) in [6.07, 6.45) is 1.65. The van der Waals surface area contributed by atoms with Crippen LogP contribution in [0.15, 0.2) is 72.5 Å². The van der Waals surface area contributed by atoms with E-state index in [1.807, 2.05) is 0 Å². The molecule has 0 bridgehead atoms. The molecule has 0 radical (unpaired) electrons. The molecule has 5 nitrogen and oxygen atoms in total. The van der Waals surface area contributed by atoms with Crippen molar-refractivity contribution in [1.82, 2.24) is 0 Å². The van der Waals surface area contributed by atoms with E-state index in [0.717, 1.165) is 5.56 Å². The number of benzene rings is 2. The van der Waals surface area contributed by atoms with Gasteiger partial charge in [-0.05, 0) is 17.7 Å². The average Bonchev–Trinajstić information content (AvgIpc) is 2.70. The van der Waals surface area contributed by atoms with E-state index in [2.05, 4.69) is 6.58 Å². The van der Waals surface area contributed by atoms with Crippen molar-refractivity contribution in [2.75, 3.05) is 6.61 Å². The van der Waals surface area contributed by atoms with Crippen molar-refractivity contribution in [3.8, 4) is 5.75 Å². The van der Waals surface area contributed by atoms with Crippen LogP contribution >= 0.6 is 0 Å². The third-order valence-corrected chi connectivity index (χ3v) is 4.70. The van der Waals surface area contributed by atoms with E-state index in [4.69, 9.17) is 9.47 Å². The topological polar surface area (TPSA) is 69.7 Å². The molecule has 1 aliphatic carbocycles.